The molecule has 0 fully saturated rings. The minimum absolute atomic E-state index is 0.0841. The van der Waals surface area contributed by atoms with Gasteiger partial charge in [0, 0.05) is 29.2 Å². The second kappa shape index (κ2) is 7.27. The van der Waals surface area contributed by atoms with E-state index in [0.29, 0.717) is 0 Å². The molecular formula is C19H19N3OS. The lowest BCUT2D eigenvalue weighted by atomic mass is 10.1. The van der Waals surface area contributed by atoms with Gasteiger partial charge in [0.2, 0.25) is 5.91 Å². The Kier molecular flexibility index (Phi) is 4.91. The molecule has 4 nitrogen and oxygen atoms in total. The maximum Gasteiger partial charge on any atom is 0.221 e. The summed E-state index contributed by atoms with van der Waals surface area (Å²) in [6, 6.07) is 16.1. The van der Waals surface area contributed by atoms with Gasteiger partial charge in [-0.2, -0.15) is 0 Å². The standard InChI is InChI=1S/C19H19N3OS/c1-3-14-7-9-15(10-8-14)18-12-24-19(22-18)21-17-6-4-5-16(11-17)20-13(2)23/h4-12H,3H2,1-2H3,(H,20,23)(H,21,22). The minimum atomic E-state index is -0.0841. The lowest BCUT2D eigenvalue weighted by molar-refractivity contribution is -0.114. The molecule has 2 aromatic carbocycles. The zero-order valence-corrected chi connectivity index (χ0v) is 14.5. The van der Waals surface area contributed by atoms with Crippen LogP contribution in [-0.2, 0) is 11.2 Å². The minimum Gasteiger partial charge on any atom is -0.331 e. The van der Waals surface area contributed by atoms with E-state index >= 15 is 0 Å². The normalized spacial score (nSPS) is 10.4. The van der Waals surface area contributed by atoms with Crippen LogP contribution in [0.1, 0.15) is 19.4 Å². The van der Waals surface area contributed by atoms with Gasteiger partial charge in [-0.25, -0.2) is 4.98 Å². The molecule has 0 atom stereocenters. The third-order valence-corrected chi connectivity index (χ3v) is 4.35. The summed E-state index contributed by atoms with van der Waals surface area (Å²) in [5.41, 5.74) is 5.05. The lowest BCUT2D eigenvalue weighted by Gasteiger charge is -2.06. The lowest BCUT2D eigenvalue weighted by Crippen LogP contribution is -2.05. The first-order valence-corrected chi connectivity index (χ1v) is 8.71. The van der Waals surface area contributed by atoms with E-state index in [4.69, 9.17) is 0 Å². The van der Waals surface area contributed by atoms with Crippen molar-refractivity contribution in [2.45, 2.75) is 20.3 Å². The summed E-state index contributed by atoms with van der Waals surface area (Å²) in [6.07, 6.45) is 1.04. The average molecular weight is 337 g/mol. The van der Waals surface area contributed by atoms with Crippen molar-refractivity contribution in [3.63, 3.8) is 0 Å². The van der Waals surface area contributed by atoms with Crippen LogP contribution in [-0.4, -0.2) is 10.9 Å². The van der Waals surface area contributed by atoms with E-state index in [1.54, 1.807) is 11.3 Å². The first-order chi connectivity index (χ1) is 11.6. The van der Waals surface area contributed by atoms with Gasteiger partial charge in [0.15, 0.2) is 5.13 Å². The number of nitrogens with zero attached hydrogens (tertiary/aromatic N) is 1. The number of anilines is 3. The van der Waals surface area contributed by atoms with Gasteiger partial charge in [-0.05, 0) is 30.2 Å². The summed E-state index contributed by atoms with van der Waals surface area (Å²) in [7, 11) is 0. The topological polar surface area (TPSA) is 54.0 Å². The fourth-order valence-corrected chi connectivity index (χ4v) is 3.12. The molecule has 0 radical (unpaired) electrons. The number of carbonyl (C=O) groups excluding carboxylic acids is 1. The Hall–Kier alpha value is -2.66. The van der Waals surface area contributed by atoms with Crippen LogP contribution in [0.5, 0.6) is 0 Å². The number of carbonyl (C=O) groups is 1. The number of rotatable bonds is 5. The van der Waals surface area contributed by atoms with Crippen molar-refractivity contribution in [1.29, 1.82) is 0 Å². The Balaban J connectivity index is 1.75. The predicted octanol–water partition coefficient (Wildman–Crippen LogP) is 5.07. The van der Waals surface area contributed by atoms with E-state index in [-0.39, 0.29) is 5.91 Å². The zero-order valence-electron chi connectivity index (χ0n) is 13.7. The van der Waals surface area contributed by atoms with Crippen molar-refractivity contribution in [2.75, 3.05) is 10.6 Å². The molecule has 24 heavy (non-hydrogen) atoms. The highest BCUT2D eigenvalue weighted by Crippen LogP contribution is 2.28. The molecular weight excluding hydrogens is 318 g/mol. The molecule has 2 N–H and O–H groups in total. The van der Waals surface area contributed by atoms with Gasteiger partial charge in [0.25, 0.3) is 0 Å². The van der Waals surface area contributed by atoms with Gasteiger partial charge in [-0.15, -0.1) is 11.3 Å². The summed E-state index contributed by atoms with van der Waals surface area (Å²) in [5, 5.41) is 8.93. The maximum absolute atomic E-state index is 11.1. The third-order valence-electron chi connectivity index (χ3n) is 3.60. The van der Waals surface area contributed by atoms with Gasteiger partial charge >= 0.3 is 0 Å². The first-order valence-electron chi connectivity index (χ1n) is 7.83. The SMILES string of the molecule is CCc1ccc(-c2csc(Nc3cccc(NC(C)=O)c3)n2)cc1. The highest BCUT2D eigenvalue weighted by atomic mass is 32.1. The molecule has 1 heterocycles. The van der Waals surface area contributed by atoms with Crippen molar-refractivity contribution in [3.8, 4) is 11.3 Å². The van der Waals surface area contributed by atoms with E-state index in [1.807, 2.05) is 29.6 Å². The average Bonchev–Trinajstić information content (AvgIpc) is 3.03. The van der Waals surface area contributed by atoms with Gasteiger partial charge in [-0.1, -0.05) is 37.3 Å². The van der Waals surface area contributed by atoms with Crippen LogP contribution < -0.4 is 10.6 Å². The Morgan fingerprint density at radius 1 is 1.12 bits per heavy atom. The number of thiazole rings is 1. The predicted molar refractivity (Wildman–Crippen MR) is 101 cm³/mol. The van der Waals surface area contributed by atoms with Gasteiger partial charge in [0.05, 0.1) is 5.69 Å². The monoisotopic (exact) mass is 337 g/mol. The Labute approximate surface area is 145 Å². The van der Waals surface area contributed by atoms with Crippen LogP contribution >= 0.6 is 11.3 Å². The number of benzene rings is 2. The van der Waals surface area contributed by atoms with Crippen LogP contribution in [0.25, 0.3) is 11.3 Å². The second-order valence-corrected chi connectivity index (χ2v) is 6.33. The van der Waals surface area contributed by atoms with Crippen molar-refractivity contribution < 1.29 is 4.79 Å². The summed E-state index contributed by atoms with van der Waals surface area (Å²) in [4.78, 5) is 15.8. The molecule has 5 heteroatoms. The molecule has 3 aromatic rings. The fraction of sp³-hybridized carbons (Fsp3) is 0.158. The number of hydrogen-bond donors (Lipinski definition) is 2. The summed E-state index contributed by atoms with van der Waals surface area (Å²) in [5.74, 6) is -0.0841. The first kappa shape index (κ1) is 16.2. The summed E-state index contributed by atoms with van der Waals surface area (Å²) in [6.45, 7) is 3.64. The summed E-state index contributed by atoms with van der Waals surface area (Å²) < 4.78 is 0. The van der Waals surface area contributed by atoms with E-state index in [2.05, 4.69) is 46.8 Å². The van der Waals surface area contributed by atoms with E-state index in [1.165, 1.54) is 12.5 Å². The summed E-state index contributed by atoms with van der Waals surface area (Å²) >= 11 is 1.56. The number of aryl methyl sites for hydroxylation is 1. The molecule has 0 unspecified atom stereocenters. The van der Waals surface area contributed by atoms with E-state index in [0.717, 1.165) is 34.2 Å². The second-order valence-electron chi connectivity index (χ2n) is 5.48. The van der Waals surface area contributed by atoms with Crippen LogP contribution in [0.3, 0.4) is 0 Å². The zero-order chi connectivity index (χ0) is 16.9. The number of aromatic nitrogens is 1. The van der Waals surface area contributed by atoms with Crippen molar-refractivity contribution >= 4 is 33.8 Å². The quantitative estimate of drug-likeness (QED) is 0.683. The molecule has 0 bridgehead atoms. The van der Waals surface area contributed by atoms with Crippen LogP contribution in [0.15, 0.2) is 53.9 Å². The van der Waals surface area contributed by atoms with Crippen molar-refractivity contribution in [3.05, 3.63) is 59.5 Å². The molecule has 0 aliphatic heterocycles. The smallest absolute Gasteiger partial charge is 0.221 e. The molecule has 1 amide bonds. The molecule has 0 aliphatic rings. The molecule has 0 aliphatic carbocycles. The van der Waals surface area contributed by atoms with Crippen LogP contribution in [0.2, 0.25) is 0 Å². The van der Waals surface area contributed by atoms with Gasteiger partial charge in [0.1, 0.15) is 0 Å². The third kappa shape index (κ3) is 4.00. The molecule has 0 saturated carbocycles. The Morgan fingerprint density at radius 2 is 1.88 bits per heavy atom. The van der Waals surface area contributed by atoms with Crippen LogP contribution in [0, 0.1) is 0 Å². The van der Waals surface area contributed by atoms with Crippen molar-refractivity contribution in [2.24, 2.45) is 0 Å². The molecule has 0 spiro atoms. The highest BCUT2D eigenvalue weighted by molar-refractivity contribution is 7.14. The molecule has 3 rings (SSSR count). The Bertz CT molecular complexity index is 840. The van der Waals surface area contributed by atoms with Crippen LogP contribution in [0.4, 0.5) is 16.5 Å². The number of hydrogen-bond acceptors (Lipinski definition) is 4. The number of amides is 1. The highest BCUT2D eigenvalue weighted by Gasteiger charge is 2.06. The van der Waals surface area contributed by atoms with Gasteiger partial charge in [-0.3, -0.25) is 4.79 Å². The van der Waals surface area contributed by atoms with Gasteiger partial charge < -0.3 is 10.6 Å². The molecule has 122 valence electrons. The maximum atomic E-state index is 11.1. The largest absolute Gasteiger partial charge is 0.331 e. The van der Waals surface area contributed by atoms with E-state index < -0.39 is 0 Å². The fourth-order valence-electron chi connectivity index (χ4n) is 2.38. The van der Waals surface area contributed by atoms with Crippen molar-refractivity contribution in [1.82, 2.24) is 4.98 Å². The van der Waals surface area contributed by atoms with E-state index in [9.17, 15) is 4.79 Å². The molecule has 1 aromatic heterocycles. The molecule has 0 saturated heterocycles. The number of nitrogens with one attached hydrogen (secondary N) is 2. The Morgan fingerprint density at radius 3 is 2.58 bits per heavy atom.